The first-order valence-corrected chi connectivity index (χ1v) is 6.91. The van der Waals surface area contributed by atoms with Gasteiger partial charge in [0.05, 0.1) is 6.54 Å². The summed E-state index contributed by atoms with van der Waals surface area (Å²) in [7, 11) is 1.92. The van der Waals surface area contributed by atoms with E-state index >= 15 is 0 Å². The number of likely N-dealkylation sites (N-methyl/N-ethyl adjacent to an activating group) is 1. The smallest absolute Gasteiger partial charge is 0.234 e. The van der Waals surface area contributed by atoms with Crippen LogP contribution in [0.4, 0.5) is 0 Å². The maximum absolute atomic E-state index is 11.7. The van der Waals surface area contributed by atoms with Crippen LogP contribution in [0.1, 0.15) is 24.0 Å². The van der Waals surface area contributed by atoms with E-state index in [9.17, 15) is 4.79 Å². The number of hydrogen-bond acceptors (Lipinski definition) is 3. The molecule has 19 heavy (non-hydrogen) atoms. The fourth-order valence-corrected chi connectivity index (χ4v) is 2.20. The number of halogens is 1. The Morgan fingerprint density at radius 1 is 1.53 bits per heavy atom. The normalized spacial score (nSPS) is 14.7. The van der Waals surface area contributed by atoms with Gasteiger partial charge >= 0.3 is 0 Å². The molecule has 0 aliphatic heterocycles. The van der Waals surface area contributed by atoms with Crippen molar-refractivity contribution in [2.75, 3.05) is 13.6 Å². The highest BCUT2D eigenvalue weighted by atomic mass is 35.5. The molecule has 0 heterocycles. The number of rotatable bonds is 6. The third-order valence-electron chi connectivity index (χ3n) is 3.15. The molecule has 1 fully saturated rings. The van der Waals surface area contributed by atoms with Gasteiger partial charge in [-0.3, -0.25) is 9.69 Å². The molecule has 5 heteroatoms. The molecular weight excluding hydrogens is 262 g/mol. The van der Waals surface area contributed by atoms with Crippen LogP contribution in [0.25, 0.3) is 0 Å². The van der Waals surface area contributed by atoms with Gasteiger partial charge in [-0.1, -0.05) is 23.7 Å². The van der Waals surface area contributed by atoms with Crippen molar-refractivity contribution in [1.82, 2.24) is 10.2 Å². The monoisotopic (exact) mass is 281 g/mol. The van der Waals surface area contributed by atoms with E-state index in [1.54, 1.807) is 0 Å². The predicted molar refractivity (Wildman–Crippen MR) is 76.8 cm³/mol. The Morgan fingerprint density at radius 2 is 2.26 bits per heavy atom. The molecular formula is C14H20ClN3O. The number of amides is 1. The van der Waals surface area contributed by atoms with Crippen molar-refractivity contribution >= 4 is 17.5 Å². The molecule has 0 atom stereocenters. The van der Waals surface area contributed by atoms with Crippen LogP contribution in [-0.2, 0) is 17.9 Å². The van der Waals surface area contributed by atoms with Gasteiger partial charge in [0.25, 0.3) is 0 Å². The molecule has 104 valence electrons. The Hall–Kier alpha value is -1.10. The van der Waals surface area contributed by atoms with Crippen LogP contribution in [0.15, 0.2) is 18.2 Å². The number of nitrogens with zero attached hydrogens (tertiary/aromatic N) is 1. The van der Waals surface area contributed by atoms with Crippen LogP contribution in [0.5, 0.6) is 0 Å². The molecule has 1 aliphatic carbocycles. The van der Waals surface area contributed by atoms with E-state index in [-0.39, 0.29) is 5.91 Å². The van der Waals surface area contributed by atoms with Crippen molar-refractivity contribution in [3.63, 3.8) is 0 Å². The molecule has 1 amide bonds. The topological polar surface area (TPSA) is 58.4 Å². The van der Waals surface area contributed by atoms with E-state index in [2.05, 4.69) is 5.32 Å². The van der Waals surface area contributed by atoms with Crippen molar-refractivity contribution in [2.24, 2.45) is 5.73 Å². The number of nitrogens with two attached hydrogens (primary N) is 1. The highest BCUT2D eigenvalue weighted by molar-refractivity contribution is 6.31. The lowest BCUT2D eigenvalue weighted by Gasteiger charge is -2.17. The second-order valence-electron chi connectivity index (χ2n) is 5.14. The Bertz CT molecular complexity index is 460. The van der Waals surface area contributed by atoms with Crippen LogP contribution in [0, 0.1) is 0 Å². The largest absolute Gasteiger partial charge is 0.352 e. The summed E-state index contributed by atoms with van der Waals surface area (Å²) in [5, 5.41) is 3.68. The third-order valence-corrected chi connectivity index (χ3v) is 3.50. The summed E-state index contributed by atoms with van der Waals surface area (Å²) in [6.07, 6.45) is 2.23. The first-order chi connectivity index (χ1) is 9.08. The Balaban J connectivity index is 1.86. The first kappa shape index (κ1) is 14.3. The summed E-state index contributed by atoms with van der Waals surface area (Å²) in [4.78, 5) is 13.6. The molecule has 1 aromatic carbocycles. The molecule has 0 bridgehead atoms. The van der Waals surface area contributed by atoms with Gasteiger partial charge < -0.3 is 11.1 Å². The van der Waals surface area contributed by atoms with Crippen LogP contribution >= 0.6 is 11.6 Å². The molecule has 0 aromatic heterocycles. The van der Waals surface area contributed by atoms with Crippen molar-refractivity contribution in [3.8, 4) is 0 Å². The molecule has 1 aromatic rings. The number of benzene rings is 1. The van der Waals surface area contributed by atoms with Gasteiger partial charge in [0, 0.05) is 24.2 Å². The van der Waals surface area contributed by atoms with Crippen molar-refractivity contribution < 1.29 is 4.79 Å². The average Bonchev–Trinajstić information content (AvgIpc) is 3.15. The molecule has 3 N–H and O–H groups in total. The number of hydrogen-bond donors (Lipinski definition) is 2. The van der Waals surface area contributed by atoms with Gasteiger partial charge in [0.2, 0.25) is 5.91 Å². The van der Waals surface area contributed by atoms with Gasteiger partial charge in [0.1, 0.15) is 0 Å². The van der Waals surface area contributed by atoms with Gasteiger partial charge in [-0.15, -0.1) is 0 Å². The van der Waals surface area contributed by atoms with Gasteiger partial charge in [-0.05, 0) is 37.1 Å². The summed E-state index contributed by atoms with van der Waals surface area (Å²) < 4.78 is 0. The maximum Gasteiger partial charge on any atom is 0.234 e. The zero-order chi connectivity index (χ0) is 13.8. The maximum atomic E-state index is 11.7. The van der Waals surface area contributed by atoms with Crippen LogP contribution in [-0.4, -0.2) is 30.4 Å². The quantitative estimate of drug-likeness (QED) is 0.831. The van der Waals surface area contributed by atoms with Crippen molar-refractivity contribution in [2.45, 2.75) is 32.0 Å². The zero-order valence-corrected chi connectivity index (χ0v) is 11.9. The highest BCUT2D eigenvalue weighted by Crippen LogP contribution is 2.20. The molecule has 0 saturated heterocycles. The summed E-state index contributed by atoms with van der Waals surface area (Å²) >= 11 is 6.20. The SMILES string of the molecule is CN(CC(=O)NC1CC1)Cc1ccc(CN)cc1Cl. The molecule has 0 radical (unpaired) electrons. The number of nitrogens with one attached hydrogen (secondary N) is 1. The minimum absolute atomic E-state index is 0.0831. The van der Waals surface area contributed by atoms with Gasteiger partial charge in [-0.2, -0.15) is 0 Å². The Kier molecular flexibility index (Phi) is 4.80. The van der Waals surface area contributed by atoms with Gasteiger partial charge in [-0.25, -0.2) is 0 Å². The van der Waals surface area contributed by atoms with Crippen molar-refractivity contribution in [3.05, 3.63) is 34.3 Å². The van der Waals surface area contributed by atoms with Gasteiger partial charge in [0.15, 0.2) is 0 Å². The molecule has 0 spiro atoms. The first-order valence-electron chi connectivity index (χ1n) is 6.53. The van der Waals surface area contributed by atoms with E-state index in [0.717, 1.165) is 24.0 Å². The lowest BCUT2D eigenvalue weighted by atomic mass is 10.1. The number of carbonyl (C=O) groups is 1. The van der Waals surface area contributed by atoms with E-state index in [0.29, 0.717) is 30.7 Å². The summed E-state index contributed by atoms with van der Waals surface area (Å²) in [5.74, 6) is 0.0831. The molecule has 1 aliphatic rings. The van der Waals surface area contributed by atoms with Crippen LogP contribution in [0.3, 0.4) is 0 Å². The molecule has 1 saturated carbocycles. The van der Waals surface area contributed by atoms with Crippen molar-refractivity contribution in [1.29, 1.82) is 0 Å². The minimum atomic E-state index is 0.0831. The summed E-state index contributed by atoms with van der Waals surface area (Å²) in [6, 6.07) is 6.24. The third kappa shape index (κ3) is 4.49. The second kappa shape index (κ2) is 6.37. The highest BCUT2D eigenvalue weighted by Gasteiger charge is 2.23. The van der Waals surface area contributed by atoms with E-state index in [4.69, 9.17) is 17.3 Å². The van der Waals surface area contributed by atoms with E-state index in [1.165, 1.54) is 0 Å². The lowest BCUT2D eigenvalue weighted by molar-refractivity contribution is -0.122. The average molecular weight is 282 g/mol. The summed E-state index contributed by atoms with van der Waals surface area (Å²) in [6.45, 7) is 1.53. The fourth-order valence-electron chi connectivity index (χ4n) is 1.94. The summed E-state index contributed by atoms with van der Waals surface area (Å²) in [5.41, 5.74) is 7.60. The fraction of sp³-hybridized carbons (Fsp3) is 0.500. The zero-order valence-electron chi connectivity index (χ0n) is 11.2. The van der Waals surface area contributed by atoms with Crippen LogP contribution < -0.4 is 11.1 Å². The van der Waals surface area contributed by atoms with E-state index in [1.807, 2.05) is 30.1 Å². The predicted octanol–water partition coefficient (Wildman–Crippen LogP) is 1.51. The standard InChI is InChI=1S/C14H20ClN3O/c1-18(9-14(19)17-12-4-5-12)8-11-3-2-10(7-16)6-13(11)15/h2-3,6,12H,4-5,7-9,16H2,1H3,(H,17,19). The molecule has 0 unspecified atom stereocenters. The van der Waals surface area contributed by atoms with Crippen LogP contribution in [0.2, 0.25) is 5.02 Å². The lowest BCUT2D eigenvalue weighted by Crippen LogP contribution is -2.35. The second-order valence-corrected chi connectivity index (χ2v) is 5.55. The Morgan fingerprint density at radius 3 is 2.84 bits per heavy atom. The number of carbonyl (C=O) groups excluding carboxylic acids is 1. The minimum Gasteiger partial charge on any atom is -0.352 e. The van der Waals surface area contributed by atoms with E-state index < -0.39 is 0 Å². The Labute approximate surface area is 118 Å². The molecule has 4 nitrogen and oxygen atoms in total. The molecule has 2 rings (SSSR count).